The van der Waals surface area contributed by atoms with Crippen molar-refractivity contribution in [2.45, 2.75) is 38.8 Å². The highest BCUT2D eigenvalue weighted by atomic mass is 16.6. The quantitative estimate of drug-likeness (QED) is 0.653. The van der Waals surface area contributed by atoms with Crippen molar-refractivity contribution in [3.05, 3.63) is 29.8 Å². The van der Waals surface area contributed by atoms with Gasteiger partial charge in [0, 0.05) is 12.1 Å². The highest BCUT2D eigenvalue weighted by Gasteiger charge is 2.25. The number of esters is 1. The Kier molecular flexibility index (Phi) is 5.58. The van der Waals surface area contributed by atoms with Crippen molar-refractivity contribution >= 4 is 17.7 Å². The predicted octanol–water partition coefficient (Wildman–Crippen LogP) is 1.88. The van der Waals surface area contributed by atoms with Crippen LogP contribution in [0.3, 0.4) is 0 Å². The summed E-state index contributed by atoms with van der Waals surface area (Å²) in [7, 11) is 1.26. The average molecular weight is 294 g/mol. The van der Waals surface area contributed by atoms with Crippen LogP contribution in [0.5, 0.6) is 0 Å². The van der Waals surface area contributed by atoms with Gasteiger partial charge in [-0.05, 0) is 32.4 Å². The molecular weight excluding hydrogens is 272 g/mol. The number of anilines is 1. The average Bonchev–Trinajstić information content (AvgIpc) is 2.37. The van der Waals surface area contributed by atoms with Gasteiger partial charge in [-0.15, -0.1) is 0 Å². The second-order valence-corrected chi connectivity index (χ2v) is 5.62. The van der Waals surface area contributed by atoms with Crippen LogP contribution in [0.4, 0.5) is 10.5 Å². The van der Waals surface area contributed by atoms with Crippen molar-refractivity contribution in [2.24, 2.45) is 0 Å². The van der Waals surface area contributed by atoms with Crippen molar-refractivity contribution in [1.29, 1.82) is 0 Å². The minimum atomic E-state index is -0.852. The van der Waals surface area contributed by atoms with E-state index >= 15 is 0 Å². The molecule has 1 aromatic carbocycles. The summed E-state index contributed by atoms with van der Waals surface area (Å²) in [6.45, 7) is 5.23. The van der Waals surface area contributed by atoms with E-state index in [2.05, 4.69) is 5.32 Å². The molecule has 0 aromatic heterocycles. The summed E-state index contributed by atoms with van der Waals surface area (Å²) >= 11 is 0. The number of alkyl carbamates (subject to hydrolysis) is 1. The van der Waals surface area contributed by atoms with Crippen molar-refractivity contribution in [3.8, 4) is 0 Å². The molecule has 1 atom stereocenters. The van der Waals surface area contributed by atoms with Crippen LogP contribution in [-0.2, 0) is 20.7 Å². The van der Waals surface area contributed by atoms with Crippen LogP contribution in [0.25, 0.3) is 0 Å². The maximum Gasteiger partial charge on any atom is 0.408 e. The molecular formula is C15H22N2O4. The first-order valence-electron chi connectivity index (χ1n) is 6.63. The lowest BCUT2D eigenvalue weighted by Gasteiger charge is -2.22. The molecule has 0 radical (unpaired) electrons. The van der Waals surface area contributed by atoms with Crippen LogP contribution in [-0.4, -0.2) is 30.8 Å². The fourth-order valence-electron chi connectivity index (χ4n) is 1.73. The minimum Gasteiger partial charge on any atom is -0.467 e. The number of nitrogens with one attached hydrogen (secondary N) is 1. The van der Waals surface area contributed by atoms with E-state index in [1.807, 2.05) is 6.07 Å². The lowest BCUT2D eigenvalue weighted by atomic mass is 10.0. The zero-order chi connectivity index (χ0) is 16.0. The van der Waals surface area contributed by atoms with Gasteiger partial charge in [0.2, 0.25) is 0 Å². The van der Waals surface area contributed by atoms with Gasteiger partial charge in [-0.3, -0.25) is 0 Å². The number of benzene rings is 1. The number of hydrogen-bond acceptors (Lipinski definition) is 5. The van der Waals surface area contributed by atoms with Crippen LogP contribution in [0, 0.1) is 0 Å². The molecule has 0 aliphatic rings. The maximum atomic E-state index is 11.8. The van der Waals surface area contributed by atoms with Crippen molar-refractivity contribution in [3.63, 3.8) is 0 Å². The molecule has 21 heavy (non-hydrogen) atoms. The van der Waals surface area contributed by atoms with Crippen molar-refractivity contribution < 1.29 is 19.1 Å². The summed E-state index contributed by atoms with van der Waals surface area (Å²) in [5, 5.41) is 2.51. The summed E-state index contributed by atoms with van der Waals surface area (Å²) in [6, 6.07) is 6.29. The van der Waals surface area contributed by atoms with Gasteiger partial charge < -0.3 is 20.5 Å². The molecule has 0 aliphatic carbocycles. The lowest BCUT2D eigenvalue weighted by molar-refractivity contribution is -0.143. The summed E-state index contributed by atoms with van der Waals surface area (Å²) < 4.78 is 9.85. The molecule has 0 aliphatic heterocycles. The molecule has 0 saturated carbocycles. The van der Waals surface area contributed by atoms with E-state index < -0.39 is 23.7 Å². The Morgan fingerprint density at radius 2 is 1.90 bits per heavy atom. The second kappa shape index (κ2) is 6.97. The van der Waals surface area contributed by atoms with E-state index in [0.29, 0.717) is 5.69 Å². The van der Waals surface area contributed by atoms with Gasteiger partial charge in [0.1, 0.15) is 11.6 Å². The van der Waals surface area contributed by atoms with Gasteiger partial charge >= 0.3 is 12.1 Å². The molecule has 116 valence electrons. The topological polar surface area (TPSA) is 90.6 Å². The van der Waals surface area contributed by atoms with Crippen LogP contribution in [0.2, 0.25) is 0 Å². The van der Waals surface area contributed by atoms with Gasteiger partial charge in [-0.25, -0.2) is 9.59 Å². The standard InChI is InChI=1S/C15H22N2O4/c1-15(2,3)21-14(19)17-12(13(18)20-4)9-10-7-5-6-8-11(10)16/h5-8,12H,9,16H2,1-4H3,(H,17,19). The summed E-state index contributed by atoms with van der Waals surface area (Å²) in [4.78, 5) is 23.6. The van der Waals surface area contributed by atoms with Gasteiger partial charge in [0.15, 0.2) is 0 Å². The molecule has 3 N–H and O–H groups in total. The molecule has 0 saturated heterocycles. The Hall–Kier alpha value is -2.24. The Morgan fingerprint density at radius 1 is 1.29 bits per heavy atom. The number of methoxy groups -OCH3 is 1. The Labute approximate surface area is 124 Å². The number of nitrogen functional groups attached to an aromatic ring is 1. The third-order valence-corrected chi connectivity index (χ3v) is 2.66. The predicted molar refractivity (Wildman–Crippen MR) is 79.7 cm³/mol. The van der Waals surface area contributed by atoms with Gasteiger partial charge in [-0.1, -0.05) is 18.2 Å². The molecule has 0 heterocycles. The smallest absolute Gasteiger partial charge is 0.408 e. The summed E-state index contributed by atoms with van der Waals surface area (Å²) in [5.41, 5.74) is 6.51. The maximum absolute atomic E-state index is 11.8. The molecule has 0 bridgehead atoms. The van der Waals surface area contributed by atoms with Crippen LogP contribution >= 0.6 is 0 Å². The second-order valence-electron chi connectivity index (χ2n) is 5.62. The molecule has 1 amide bonds. The summed E-state index contributed by atoms with van der Waals surface area (Å²) in [6.07, 6.45) is -0.439. The Morgan fingerprint density at radius 3 is 2.43 bits per heavy atom. The Balaban J connectivity index is 2.80. The monoisotopic (exact) mass is 294 g/mol. The van der Waals surface area contributed by atoms with Crippen molar-refractivity contribution in [2.75, 3.05) is 12.8 Å². The number of amides is 1. The normalized spacial score (nSPS) is 12.4. The summed E-state index contributed by atoms with van der Waals surface area (Å²) in [5.74, 6) is -0.552. The largest absolute Gasteiger partial charge is 0.467 e. The lowest BCUT2D eigenvalue weighted by Crippen LogP contribution is -2.45. The van der Waals surface area contributed by atoms with Crippen LogP contribution in [0.15, 0.2) is 24.3 Å². The van der Waals surface area contributed by atoms with E-state index in [9.17, 15) is 9.59 Å². The van der Waals surface area contributed by atoms with Crippen LogP contribution < -0.4 is 11.1 Å². The van der Waals surface area contributed by atoms with Gasteiger partial charge in [-0.2, -0.15) is 0 Å². The molecule has 1 rings (SSSR count). The first-order valence-corrected chi connectivity index (χ1v) is 6.63. The highest BCUT2D eigenvalue weighted by Crippen LogP contribution is 2.14. The third kappa shape index (κ3) is 5.72. The molecule has 0 spiro atoms. The first kappa shape index (κ1) is 16.8. The van der Waals surface area contributed by atoms with Crippen molar-refractivity contribution in [1.82, 2.24) is 5.32 Å². The molecule has 1 unspecified atom stereocenters. The fourth-order valence-corrected chi connectivity index (χ4v) is 1.73. The minimum absolute atomic E-state index is 0.235. The van der Waals surface area contributed by atoms with E-state index in [4.69, 9.17) is 15.2 Å². The SMILES string of the molecule is COC(=O)C(Cc1ccccc1N)NC(=O)OC(C)(C)C. The first-order chi connectivity index (χ1) is 9.73. The highest BCUT2D eigenvalue weighted by molar-refractivity contribution is 5.82. The van der Waals surface area contributed by atoms with Crippen LogP contribution in [0.1, 0.15) is 26.3 Å². The number of ether oxygens (including phenoxy) is 2. The number of hydrogen-bond donors (Lipinski definition) is 2. The van der Waals surface area contributed by atoms with E-state index in [0.717, 1.165) is 5.56 Å². The molecule has 6 nitrogen and oxygen atoms in total. The van der Waals surface area contributed by atoms with E-state index in [-0.39, 0.29) is 6.42 Å². The van der Waals surface area contributed by atoms with E-state index in [1.54, 1.807) is 39.0 Å². The molecule has 1 aromatic rings. The van der Waals surface area contributed by atoms with Gasteiger partial charge in [0.05, 0.1) is 7.11 Å². The number of carbonyl (C=O) groups is 2. The molecule has 0 fully saturated rings. The van der Waals surface area contributed by atoms with Gasteiger partial charge in [0.25, 0.3) is 0 Å². The zero-order valence-corrected chi connectivity index (χ0v) is 12.8. The number of rotatable bonds is 4. The Bertz CT molecular complexity index is 509. The molecule has 6 heteroatoms. The number of carbonyl (C=O) groups excluding carboxylic acids is 2. The fraction of sp³-hybridized carbons (Fsp3) is 0.467. The van der Waals surface area contributed by atoms with E-state index in [1.165, 1.54) is 7.11 Å². The number of nitrogens with two attached hydrogens (primary N) is 1. The zero-order valence-electron chi connectivity index (χ0n) is 12.8. The number of para-hydroxylation sites is 1. The third-order valence-electron chi connectivity index (χ3n) is 2.66.